The van der Waals surface area contributed by atoms with Crippen LogP contribution < -0.4 is 4.74 Å². The molecule has 2 rings (SSSR count). The van der Waals surface area contributed by atoms with Gasteiger partial charge in [-0.05, 0) is 24.6 Å². The van der Waals surface area contributed by atoms with Crippen LogP contribution in [-0.4, -0.2) is 4.92 Å². The molecule has 6 heteroatoms. The lowest BCUT2D eigenvalue weighted by molar-refractivity contribution is -0.385. The van der Waals surface area contributed by atoms with Gasteiger partial charge in [0.15, 0.2) is 0 Å². The Labute approximate surface area is 117 Å². The van der Waals surface area contributed by atoms with Crippen molar-refractivity contribution in [3.05, 3.63) is 62.4 Å². The second-order valence-electron chi connectivity index (χ2n) is 3.89. The number of ether oxygens (including phenoxy) is 1. The molecule has 0 radical (unpaired) electrons. The summed E-state index contributed by atoms with van der Waals surface area (Å²) >= 11 is 3.14. The Morgan fingerprint density at radius 2 is 2.05 bits per heavy atom. The van der Waals surface area contributed by atoms with Gasteiger partial charge < -0.3 is 4.74 Å². The first-order valence-corrected chi connectivity index (χ1v) is 6.14. The van der Waals surface area contributed by atoms with Crippen LogP contribution in [0.25, 0.3) is 0 Å². The van der Waals surface area contributed by atoms with E-state index in [1.54, 1.807) is 25.1 Å². The molecule has 4 nitrogen and oxygen atoms in total. The highest BCUT2D eigenvalue weighted by molar-refractivity contribution is 9.10. The number of hydrogen-bond acceptors (Lipinski definition) is 3. The van der Waals surface area contributed by atoms with Crippen LogP contribution in [0.1, 0.15) is 5.56 Å². The van der Waals surface area contributed by atoms with Gasteiger partial charge >= 0.3 is 5.69 Å². The number of halogens is 2. The van der Waals surface area contributed by atoms with E-state index in [9.17, 15) is 14.5 Å². The highest BCUT2D eigenvalue weighted by Crippen LogP contribution is 2.35. The molecule has 0 aliphatic rings. The molecule has 0 aliphatic heterocycles. The van der Waals surface area contributed by atoms with E-state index in [0.717, 1.165) is 0 Å². The summed E-state index contributed by atoms with van der Waals surface area (Å²) in [4.78, 5) is 10.4. The predicted octanol–water partition coefficient (Wildman–Crippen LogP) is 4.60. The lowest BCUT2D eigenvalue weighted by atomic mass is 10.2. The number of nitro groups is 1. The van der Waals surface area contributed by atoms with Crippen molar-refractivity contribution in [3.63, 3.8) is 0 Å². The highest BCUT2D eigenvalue weighted by Gasteiger charge is 2.18. The fourth-order valence-corrected chi connectivity index (χ4v) is 2.06. The maximum atomic E-state index is 13.2. The molecule has 0 atom stereocenters. The molecule has 0 aromatic heterocycles. The summed E-state index contributed by atoms with van der Waals surface area (Å²) in [6, 6.07) is 8.59. The largest absolute Gasteiger partial charge is 0.450 e. The van der Waals surface area contributed by atoms with Crippen molar-refractivity contribution in [1.82, 2.24) is 0 Å². The number of benzene rings is 2. The normalized spacial score (nSPS) is 10.3. The van der Waals surface area contributed by atoms with Crippen molar-refractivity contribution in [3.8, 4) is 11.5 Å². The van der Waals surface area contributed by atoms with Crippen LogP contribution >= 0.6 is 15.9 Å². The van der Waals surface area contributed by atoms with Gasteiger partial charge in [0.25, 0.3) is 0 Å². The second kappa shape index (κ2) is 5.36. The fourth-order valence-electron chi connectivity index (χ4n) is 1.62. The average Bonchev–Trinajstić information content (AvgIpc) is 2.30. The van der Waals surface area contributed by atoms with E-state index >= 15 is 0 Å². The Kier molecular flexibility index (Phi) is 3.80. The summed E-state index contributed by atoms with van der Waals surface area (Å²) in [5.74, 6) is -0.171. The van der Waals surface area contributed by atoms with Crippen molar-refractivity contribution in [2.75, 3.05) is 0 Å². The van der Waals surface area contributed by atoms with Crippen LogP contribution in [0, 0.1) is 22.9 Å². The van der Waals surface area contributed by atoms with E-state index in [1.165, 1.54) is 18.2 Å². The molecule has 0 amide bonds. The summed E-state index contributed by atoms with van der Waals surface area (Å²) in [5, 5.41) is 10.9. The lowest BCUT2D eigenvalue weighted by Gasteiger charge is -2.09. The van der Waals surface area contributed by atoms with Gasteiger partial charge in [-0.1, -0.05) is 28.1 Å². The van der Waals surface area contributed by atoms with E-state index < -0.39 is 10.7 Å². The van der Waals surface area contributed by atoms with Gasteiger partial charge in [0.2, 0.25) is 5.75 Å². The molecule has 0 saturated carbocycles. The quantitative estimate of drug-likeness (QED) is 0.612. The van der Waals surface area contributed by atoms with Gasteiger partial charge in [-0.15, -0.1) is 0 Å². The van der Waals surface area contributed by atoms with E-state index in [1.807, 2.05) is 0 Å². The van der Waals surface area contributed by atoms with Crippen LogP contribution in [0.2, 0.25) is 0 Å². The van der Waals surface area contributed by atoms with Gasteiger partial charge in [-0.25, -0.2) is 4.39 Å². The number of hydrogen-bond donors (Lipinski definition) is 0. The predicted molar refractivity (Wildman–Crippen MR) is 72.0 cm³/mol. The van der Waals surface area contributed by atoms with E-state index in [4.69, 9.17) is 4.74 Å². The Morgan fingerprint density at radius 1 is 1.32 bits per heavy atom. The number of rotatable bonds is 3. The molecule has 0 bridgehead atoms. The van der Waals surface area contributed by atoms with Crippen molar-refractivity contribution >= 4 is 21.6 Å². The molecule has 0 heterocycles. The van der Waals surface area contributed by atoms with Crippen LogP contribution in [-0.2, 0) is 0 Å². The summed E-state index contributed by atoms with van der Waals surface area (Å²) in [7, 11) is 0. The van der Waals surface area contributed by atoms with E-state index in [0.29, 0.717) is 10.0 Å². The molecule has 0 N–H and O–H groups in total. The Morgan fingerprint density at radius 3 is 2.68 bits per heavy atom. The molecule has 0 unspecified atom stereocenters. The first-order chi connectivity index (χ1) is 8.97. The molecule has 0 saturated heterocycles. The highest BCUT2D eigenvalue weighted by atomic mass is 79.9. The number of nitro benzene ring substituents is 1. The molecule has 98 valence electrons. The molecule has 2 aromatic carbocycles. The third-order valence-corrected chi connectivity index (χ3v) is 2.90. The monoisotopic (exact) mass is 325 g/mol. The van der Waals surface area contributed by atoms with Crippen molar-refractivity contribution in [2.45, 2.75) is 6.92 Å². The maximum Gasteiger partial charge on any atom is 0.311 e. The smallest absolute Gasteiger partial charge is 0.311 e. The fraction of sp³-hybridized carbons (Fsp3) is 0.0769. The van der Waals surface area contributed by atoms with Crippen LogP contribution in [0.15, 0.2) is 40.9 Å². The Hall–Kier alpha value is -1.95. The van der Waals surface area contributed by atoms with Gasteiger partial charge in [-0.3, -0.25) is 10.1 Å². The van der Waals surface area contributed by atoms with Crippen LogP contribution in [0.4, 0.5) is 10.1 Å². The molecular formula is C13H9BrFNO3. The minimum absolute atomic E-state index is 0.116. The number of aryl methyl sites for hydroxylation is 1. The van der Waals surface area contributed by atoms with Crippen molar-refractivity contribution in [1.29, 1.82) is 0 Å². The summed E-state index contributed by atoms with van der Waals surface area (Å²) in [6.45, 7) is 1.69. The van der Waals surface area contributed by atoms with Crippen molar-refractivity contribution < 1.29 is 14.1 Å². The molecule has 0 fully saturated rings. The molecule has 19 heavy (non-hydrogen) atoms. The van der Waals surface area contributed by atoms with Gasteiger partial charge in [0.1, 0.15) is 11.6 Å². The third kappa shape index (κ3) is 3.08. The van der Waals surface area contributed by atoms with Gasteiger partial charge in [0.05, 0.1) is 4.92 Å². The first kappa shape index (κ1) is 13.5. The SMILES string of the molecule is Cc1cccc([N+](=O)[O-])c1Oc1cc(F)cc(Br)c1. The minimum atomic E-state index is -0.531. The standard InChI is InChI=1S/C13H9BrFNO3/c1-8-3-2-4-12(16(17)18)13(8)19-11-6-9(14)5-10(15)7-11/h2-7H,1H3. The second-order valence-corrected chi connectivity index (χ2v) is 4.80. The number of para-hydroxylation sites is 1. The zero-order chi connectivity index (χ0) is 14.0. The summed E-state index contributed by atoms with van der Waals surface area (Å²) < 4.78 is 19.2. The zero-order valence-corrected chi connectivity index (χ0v) is 11.5. The zero-order valence-electron chi connectivity index (χ0n) is 9.89. The molecule has 2 aromatic rings. The topological polar surface area (TPSA) is 52.4 Å². The first-order valence-electron chi connectivity index (χ1n) is 5.35. The van der Waals surface area contributed by atoms with Crippen LogP contribution in [0.5, 0.6) is 11.5 Å². The number of nitrogens with zero attached hydrogens (tertiary/aromatic N) is 1. The molecule has 0 spiro atoms. The molecule has 0 aliphatic carbocycles. The summed E-state index contributed by atoms with van der Waals surface area (Å²) in [5.41, 5.74) is 0.454. The van der Waals surface area contributed by atoms with E-state index in [-0.39, 0.29) is 17.2 Å². The maximum absolute atomic E-state index is 13.2. The third-order valence-electron chi connectivity index (χ3n) is 2.44. The van der Waals surface area contributed by atoms with E-state index in [2.05, 4.69) is 15.9 Å². The molecular weight excluding hydrogens is 317 g/mol. The minimum Gasteiger partial charge on any atom is -0.450 e. The van der Waals surface area contributed by atoms with Crippen LogP contribution in [0.3, 0.4) is 0 Å². The lowest BCUT2D eigenvalue weighted by Crippen LogP contribution is -1.95. The van der Waals surface area contributed by atoms with Gasteiger partial charge in [0, 0.05) is 16.6 Å². The van der Waals surface area contributed by atoms with Gasteiger partial charge in [-0.2, -0.15) is 0 Å². The summed E-state index contributed by atoms with van der Waals surface area (Å²) in [6.07, 6.45) is 0. The Balaban J connectivity index is 2.45. The Bertz CT molecular complexity index is 626. The average molecular weight is 326 g/mol. The van der Waals surface area contributed by atoms with Crippen molar-refractivity contribution in [2.24, 2.45) is 0 Å².